The minimum atomic E-state index is -0.304. The van der Waals surface area contributed by atoms with Crippen molar-refractivity contribution in [2.45, 2.75) is 11.7 Å². The SMILES string of the molecule is O=C(Nc1nc(-c2ccccn2)cs1)C1CSc2nccc(=O)n2C1. The maximum Gasteiger partial charge on any atom is 0.254 e. The highest BCUT2D eigenvalue weighted by Crippen LogP contribution is 2.27. The van der Waals surface area contributed by atoms with Crippen LogP contribution in [0, 0.1) is 5.92 Å². The van der Waals surface area contributed by atoms with Crippen molar-refractivity contribution in [1.82, 2.24) is 19.5 Å². The number of hydrogen-bond donors (Lipinski definition) is 1. The van der Waals surface area contributed by atoms with Gasteiger partial charge in [0.2, 0.25) is 5.91 Å². The first-order chi connectivity index (χ1) is 12.2. The van der Waals surface area contributed by atoms with Crippen molar-refractivity contribution in [3.8, 4) is 11.4 Å². The Morgan fingerprint density at radius 2 is 2.12 bits per heavy atom. The minimum absolute atomic E-state index is 0.137. The molecule has 126 valence electrons. The average Bonchev–Trinajstić information content (AvgIpc) is 3.11. The van der Waals surface area contributed by atoms with Crippen molar-refractivity contribution in [1.29, 1.82) is 0 Å². The van der Waals surface area contributed by atoms with E-state index in [9.17, 15) is 9.59 Å². The van der Waals surface area contributed by atoms with Crippen molar-refractivity contribution < 1.29 is 4.79 Å². The number of aromatic nitrogens is 4. The Balaban J connectivity index is 1.47. The van der Waals surface area contributed by atoms with E-state index in [2.05, 4.69) is 20.3 Å². The number of thioether (sulfide) groups is 1. The Morgan fingerprint density at radius 3 is 2.96 bits per heavy atom. The number of nitrogens with zero attached hydrogens (tertiary/aromatic N) is 4. The summed E-state index contributed by atoms with van der Waals surface area (Å²) in [5.74, 6) is 0.137. The number of fused-ring (bicyclic) bond motifs is 1. The normalized spacial score (nSPS) is 16.2. The van der Waals surface area contributed by atoms with Gasteiger partial charge in [-0.3, -0.25) is 19.1 Å². The van der Waals surface area contributed by atoms with Crippen molar-refractivity contribution in [3.63, 3.8) is 0 Å². The highest BCUT2D eigenvalue weighted by atomic mass is 32.2. The van der Waals surface area contributed by atoms with E-state index in [0.717, 1.165) is 11.4 Å². The van der Waals surface area contributed by atoms with Gasteiger partial charge in [0.15, 0.2) is 10.3 Å². The molecule has 4 rings (SSSR count). The van der Waals surface area contributed by atoms with E-state index in [1.54, 1.807) is 10.8 Å². The molecule has 0 aromatic carbocycles. The molecule has 1 atom stereocenters. The van der Waals surface area contributed by atoms with Crippen LogP contribution in [0.15, 0.2) is 52.0 Å². The molecule has 0 saturated carbocycles. The topological polar surface area (TPSA) is 89.8 Å². The zero-order chi connectivity index (χ0) is 17.2. The second-order valence-corrected chi connectivity index (χ2v) is 7.27. The van der Waals surface area contributed by atoms with Gasteiger partial charge in [0.05, 0.1) is 11.6 Å². The summed E-state index contributed by atoms with van der Waals surface area (Å²) in [5.41, 5.74) is 1.35. The van der Waals surface area contributed by atoms with Crippen LogP contribution < -0.4 is 10.9 Å². The van der Waals surface area contributed by atoms with Crippen LogP contribution in [0.25, 0.3) is 11.4 Å². The molecule has 0 radical (unpaired) electrons. The van der Waals surface area contributed by atoms with Crippen LogP contribution >= 0.6 is 23.1 Å². The minimum Gasteiger partial charge on any atom is -0.302 e. The van der Waals surface area contributed by atoms with Gasteiger partial charge in [-0.1, -0.05) is 17.8 Å². The van der Waals surface area contributed by atoms with Crippen LogP contribution in [0.4, 0.5) is 5.13 Å². The zero-order valence-corrected chi connectivity index (χ0v) is 14.6. The molecular formula is C16H13N5O2S2. The fraction of sp³-hybridized carbons (Fsp3) is 0.188. The molecule has 3 aromatic rings. The lowest BCUT2D eigenvalue weighted by Gasteiger charge is -2.23. The van der Waals surface area contributed by atoms with Gasteiger partial charge in [0.1, 0.15) is 5.69 Å². The Kier molecular flexibility index (Phi) is 4.33. The Morgan fingerprint density at radius 1 is 1.20 bits per heavy atom. The number of thiazole rings is 1. The van der Waals surface area contributed by atoms with Gasteiger partial charge < -0.3 is 5.32 Å². The zero-order valence-electron chi connectivity index (χ0n) is 13.0. The Bertz CT molecular complexity index is 970. The highest BCUT2D eigenvalue weighted by Gasteiger charge is 2.27. The number of anilines is 1. The third kappa shape index (κ3) is 3.33. The van der Waals surface area contributed by atoms with Gasteiger partial charge in [-0.25, -0.2) is 9.97 Å². The summed E-state index contributed by atoms with van der Waals surface area (Å²) < 4.78 is 1.54. The molecule has 1 aliphatic heterocycles. The number of carbonyl (C=O) groups excluding carboxylic acids is 1. The van der Waals surface area contributed by atoms with E-state index < -0.39 is 0 Å². The van der Waals surface area contributed by atoms with E-state index in [-0.39, 0.29) is 17.4 Å². The fourth-order valence-electron chi connectivity index (χ4n) is 2.48. The third-order valence-electron chi connectivity index (χ3n) is 3.75. The summed E-state index contributed by atoms with van der Waals surface area (Å²) in [6, 6.07) is 7.01. The van der Waals surface area contributed by atoms with E-state index in [1.165, 1.54) is 35.4 Å². The van der Waals surface area contributed by atoms with E-state index in [4.69, 9.17) is 0 Å². The number of nitrogens with one attached hydrogen (secondary N) is 1. The van der Waals surface area contributed by atoms with Crippen molar-refractivity contribution >= 4 is 34.1 Å². The molecule has 25 heavy (non-hydrogen) atoms. The van der Waals surface area contributed by atoms with Crippen molar-refractivity contribution in [3.05, 3.63) is 52.4 Å². The predicted octanol–water partition coefficient (Wildman–Crippen LogP) is 2.12. The molecule has 0 fully saturated rings. The lowest BCUT2D eigenvalue weighted by Crippen LogP contribution is -2.36. The number of pyridine rings is 1. The smallest absolute Gasteiger partial charge is 0.254 e. The monoisotopic (exact) mass is 371 g/mol. The highest BCUT2D eigenvalue weighted by molar-refractivity contribution is 7.99. The predicted molar refractivity (Wildman–Crippen MR) is 96.7 cm³/mol. The van der Waals surface area contributed by atoms with Crippen LogP contribution in [-0.4, -0.2) is 31.2 Å². The lowest BCUT2D eigenvalue weighted by atomic mass is 10.1. The summed E-state index contributed by atoms with van der Waals surface area (Å²) in [4.78, 5) is 37.3. The molecule has 1 aliphatic rings. The summed E-state index contributed by atoms with van der Waals surface area (Å²) in [6.07, 6.45) is 3.20. The van der Waals surface area contributed by atoms with Crippen LogP contribution in [-0.2, 0) is 11.3 Å². The summed E-state index contributed by atoms with van der Waals surface area (Å²) in [5, 5.41) is 5.89. The molecule has 1 amide bonds. The maximum atomic E-state index is 12.5. The van der Waals surface area contributed by atoms with Crippen molar-refractivity contribution in [2.24, 2.45) is 5.92 Å². The molecule has 0 saturated heterocycles. The first kappa shape index (κ1) is 16.0. The van der Waals surface area contributed by atoms with E-state index >= 15 is 0 Å². The van der Waals surface area contributed by atoms with Gasteiger partial charge in [-0.05, 0) is 12.1 Å². The molecule has 0 spiro atoms. The van der Waals surface area contributed by atoms with Crippen LogP contribution in [0.3, 0.4) is 0 Å². The van der Waals surface area contributed by atoms with Gasteiger partial charge in [0.25, 0.3) is 5.56 Å². The standard InChI is InChI=1S/C16H13N5O2S2/c22-13-4-6-18-16-21(13)7-10(8-25-16)14(23)20-15-19-12(9-24-15)11-3-1-2-5-17-11/h1-6,9-10H,7-8H2,(H,19,20,23). The van der Waals surface area contributed by atoms with Gasteiger partial charge in [-0.15, -0.1) is 11.3 Å². The van der Waals surface area contributed by atoms with Gasteiger partial charge >= 0.3 is 0 Å². The lowest BCUT2D eigenvalue weighted by molar-refractivity contribution is -0.119. The van der Waals surface area contributed by atoms with Crippen molar-refractivity contribution in [2.75, 3.05) is 11.1 Å². The fourth-order valence-corrected chi connectivity index (χ4v) is 4.25. The average molecular weight is 371 g/mol. The largest absolute Gasteiger partial charge is 0.302 e. The maximum absolute atomic E-state index is 12.5. The number of hydrogen-bond acceptors (Lipinski definition) is 7. The van der Waals surface area contributed by atoms with Crippen LogP contribution in [0.1, 0.15) is 0 Å². The van der Waals surface area contributed by atoms with Crippen LogP contribution in [0.2, 0.25) is 0 Å². The van der Waals surface area contributed by atoms with Gasteiger partial charge in [0, 0.05) is 36.1 Å². The Labute approximate surface area is 151 Å². The summed E-state index contributed by atoms with van der Waals surface area (Å²) >= 11 is 2.77. The molecule has 4 heterocycles. The molecule has 3 aromatic heterocycles. The molecular weight excluding hydrogens is 358 g/mol. The summed E-state index contributed by atoms with van der Waals surface area (Å²) in [6.45, 7) is 0.333. The van der Waals surface area contributed by atoms with E-state index in [0.29, 0.717) is 22.6 Å². The first-order valence-corrected chi connectivity index (χ1v) is 9.43. The number of rotatable bonds is 3. The second-order valence-electron chi connectivity index (χ2n) is 5.43. The molecule has 1 N–H and O–H groups in total. The summed E-state index contributed by atoms with van der Waals surface area (Å²) in [7, 11) is 0. The molecule has 0 bridgehead atoms. The number of carbonyl (C=O) groups is 1. The molecule has 9 heteroatoms. The second kappa shape index (κ2) is 6.77. The van der Waals surface area contributed by atoms with E-state index in [1.807, 2.05) is 23.6 Å². The Hall–Kier alpha value is -2.52. The first-order valence-electron chi connectivity index (χ1n) is 7.57. The number of amides is 1. The van der Waals surface area contributed by atoms with Gasteiger partial charge in [-0.2, -0.15) is 0 Å². The molecule has 1 unspecified atom stereocenters. The quantitative estimate of drug-likeness (QED) is 0.710. The molecule has 0 aliphatic carbocycles. The van der Waals surface area contributed by atoms with Crippen LogP contribution in [0.5, 0.6) is 0 Å². The third-order valence-corrected chi connectivity index (χ3v) is 5.66. The molecule has 7 nitrogen and oxygen atoms in total.